The molecule has 9 aliphatic carbocycles. The molecular formula is C69H126O12. The Labute approximate surface area is 496 Å². The van der Waals surface area contributed by atoms with Gasteiger partial charge in [-0.2, -0.15) is 0 Å². The minimum Gasteiger partial charge on any atom is -0.462 e. The fraction of sp³-hybridized carbons (Fsp3) is 0.913. The first-order chi connectivity index (χ1) is 35.7. The van der Waals surface area contributed by atoms with E-state index in [9.17, 15) is 28.8 Å². The maximum absolute atomic E-state index is 13.0. The molecule has 6 bridgehead atoms. The Bertz CT molecular complexity index is 1940. The quantitative estimate of drug-likeness (QED) is 0.100. The van der Waals surface area contributed by atoms with Crippen LogP contribution in [0.5, 0.6) is 0 Å². The Morgan fingerprint density at radius 1 is 0.432 bits per heavy atom. The van der Waals surface area contributed by atoms with Gasteiger partial charge in [0.2, 0.25) is 0 Å². The molecule has 0 aromatic carbocycles. The summed E-state index contributed by atoms with van der Waals surface area (Å²) in [6.45, 7) is 20.0. The molecule has 0 aromatic heterocycles. The summed E-state index contributed by atoms with van der Waals surface area (Å²) in [6, 6.07) is 0. The van der Waals surface area contributed by atoms with Gasteiger partial charge in [0, 0.05) is 17.8 Å². The lowest BCUT2D eigenvalue weighted by Gasteiger charge is -2.38. The molecule has 9 rings (SSSR count). The molecule has 474 valence electrons. The molecule has 9 fully saturated rings. The summed E-state index contributed by atoms with van der Waals surface area (Å²) in [7, 11) is 0. The van der Waals surface area contributed by atoms with Crippen LogP contribution in [0.3, 0.4) is 0 Å². The summed E-state index contributed by atoms with van der Waals surface area (Å²) in [5.41, 5.74) is -1.21. The molecule has 0 heterocycles. The van der Waals surface area contributed by atoms with Crippen molar-refractivity contribution in [3.8, 4) is 0 Å². The van der Waals surface area contributed by atoms with Gasteiger partial charge in [-0.3, -0.25) is 28.8 Å². The molecule has 14 atom stereocenters. The van der Waals surface area contributed by atoms with Gasteiger partial charge >= 0.3 is 35.8 Å². The van der Waals surface area contributed by atoms with Gasteiger partial charge in [0.05, 0.1) is 35.0 Å². The molecule has 12 nitrogen and oxygen atoms in total. The van der Waals surface area contributed by atoms with E-state index in [0.717, 1.165) is 167 Å². The van der Waals surface area contributed by atoms with Crippen LogP contribution >= 0.6 is 0 Å². The van der Waals surface area contributed by atoms with Crippen molar-refractivity contribution in [2.75, 3.05) is 0 Å². The first kappa shape index (κ1) is 75.8. The van der Waals surface area contributed by atoms with Crippen molar-refractivity contribution in [1.29, 1.82) is 0 Å². The molecule has 0 amide bonds. The molecule has 9 aliphatic rings. The molecule has 0 saturated heterocycles. The number of hydrogen-bond donors (Lipinski definition) is 0. The van der Waals surface area contributed by atoms with Crippen LogP contribution in [0.1, 0.15) is 300 Å². The molecular weight excluding hydrogens is 1020 g/mol. The summed E-state index contributed by atoms with van der Waals surface area (Å²) >= 11 is 0. The van der Waals surface area contributed by atoms with Crippen molar-refractivity contribution >= 4 is 35.8 Å². The number of rotatable bonds is 17. The third-order valence-electron chi connectivity index (χ3n) is 21.1. The normalized spacial score (nSPS) is 31.8. The SMILES string of the molecule is C.C.C.C.C.C.CCC(C)C(=O)OC1CC2CC(C(=O)OC3(C)CCCCC3)C1C2.CCC(C)C(=O)OC1CC2CC(C(=O)OC3(CC)CCCCC3)C1C2.CCC1(OC(=O)C2CC3CC(OC(=O)C(C)(C)CC)C2C3)CCCCC1. The monoisotopic (exact) mass is 1150 g/mol. The molecule has 81 heavy (non-hydrogen) atoms. The van der Waals surface area contributed by atoms with E-state index in [0.29, 0.717) is 17.8 Å². The van der Waals surface area contributed by atoms with Crippen LogP contribution in [0, 0.1) is 70.5 Å². The van der Waals surface area contributed by atoms with Crippen molar-refractivity contribution in [2.24, 2.45) is 70.5 Å². The zero-order chi connectivity index (χ0) is 54.3. The second-order valence-corrected chi connectivity index (χ2v) is 26.7. The summed E-state index contributed by atoms with van der Waals surface area (Å²) < 4.78 is 35.6. The average molecular weight is 1150 g/mol. The van der Waals surface area contributed by atoms with E-state index in [4.69, 9.17) is 28.4 Å². The summed E-state index contributed by atoms with van der Waals surface area (Å²) in [5, 5.41) is 0. The smallest absolute Gasteiger partial charge is 0.311 e. The zero-order valence-electron chi connectivity index (χ0n) is 48.5. The third kappa shape index (κ3) is 18.4. The van der Waals surface area contributed by atoms with E-state index >= 15 is 0 Å². The van der Waals surface area contributed by atoms with Gasteiger partial charge in [0.1, 0.15) is 35.1 Å². The van der Waals surface area contributed by atoms with Crippen molar-refractivity contribution in [1.82, 2.24) is 0 Å². The van der Waals surface area contributed by atoms with Crippen LogP contribution < -0.4 is 0 Å². The Balaban J connectivity index is 0.000000586. The summed E-state index contributed by atoms with van der Waals surface area (Å²) in [5.74, 6) is 1.24. The summed E-state index contributed by atoms with van der Waals surface area (Å²) in [4.78, 5) is 75.4. The maximum Gasteiger partial charge on any atom is 0.311 e. The van der Waals surface area contributed by atoms with Crippen LogP contribution in [0.2, 0.25) is 0 Å². The highest BCUT2D eigenvalue weighted by molar-refractivity contribution is 5.78. The Morgan fingerprint density at radius 3 is 1.04 bits per heavy atom. The van der Waals surface area contributed by atoms with Gasteiger partial charge in [-0.15, -0.1) is 0 Å². The Morgan fingerprint density at radius 2 is 0.741 bits per heavy atom. The number of esters is 6. The third-order valence-corrected chi connectivity index (χ3v) is 21.1. The molecule has 0 spiro atoms. The maximum atomic E-state index is 13.0. The van der Waals surface area contributed by atoms with Gasteiger partial charge < -0.3 is 28.4 Å². The van der Waals surface area contributed by atoms with Gasteiger partial charge in [-0.05, 0) is 205 Å². The van der Waals surface area contributed by atoms with Crippen LogP contribution in [-0.4, -0.2) is 70.9 Å². The van der Waals surface area contributed by atoms with E-state index in [-0.39, 0.29) is 163 Å². The van der Waals surface area contributed by atoms with Crippen molar-refractivity contribution in [2.45, 2.75) is 335 Å². The first-order valence-electron chi connectivity index (χ1n) is 31.0. The number of carbonyl (C=O) groups is 6. The lowest BCUT2D eigenvalue weighted by molar-refractivity contribution is -0.177. The number of carbonyl (C=O) groups excluding carboxylic acids is 6. The average Bonchev–Trinajstić information content (AvgIpc) is 4.30. The van der Waals surface area contributed by atoms with Crippen LogP contribution in [0.4, 0.5) is 0 Å². The van der Waals surface area contributed by atoms with Gasteiger partial charge in [0.25, 0.3) is 0 Å². The van der Waals surface area contributed by atoms with E-state index in [1.54, 1.807) is 0 Å². The van der Waals surface area contributed by atoms with Crippen molar-refractivity contribution < 1.29 is 57.2 Å². The Hall–Kier alpha value is -3.18. The fourth-order valence-corrected chi connectivity index (χ4v) is 15.1. The predicted molar refractivity (Wildman–Crippen MR) is 328 cm³/mol. The molecule has 9 saturated carbocycles. The van der Waals surface area contributed by atoms with Crippen molar-refractivity contribution in [3.05, 3.63) is 0 Å². The van der Waals surface area contributed by atoms with E-state index in [1.807, 2.05) is 48.5 Å². The topological polar surface area (TPSA) is 158 Å². The molecule has 0 aromatic rings. The second kappa shape index (κ2) is 32.9. The minimum absolute atomic E-state index is 0. The number of ether oxygens (including phenoxy) is 6. The lowest BCUT2D eigenvalue weighted by Crippen LogP contribution is -2.42. The highest BCUT2D eigenvalue weighted by Gasteiger charge is 2.55. The molecule has 12 heteroatoms. The highest BCUT2D eigenvalue weighted by atomic mass is 16.6. The highest BCUT2D eigenvalue weighted by Crippen LogP contribution is 2.54. The molecule has 0 aliphatic heterocycles. The first-order valence-corrected chi connectivity index (χ1v) is 31.0. The van der Waals surface area contributed by atoms with Crippen molar-refractivity contribution in [3.63, 3.8) is 0 Å². The molecule has 0 N–H and O–H groups in total. The minimum atomic E-state index is -0.452. The van der Waals surface area contributed by atoms with E-state index in [2.05, 4.69) is 20.8 Å². The van der Waals surface area contributed by atoms with Gasteiger partial charge in [0.15, 0.2) is 0 Å². The lowest BCUT2D eigenvalue weighted by atomic mass is 9.81. The fourth-order valence-electron chi connectivity index (χ4n) is 15.1. The van der Waals surface area contributed by atoms with Crippen LogP contribution in [-0.2, 0) is 57.2 Å². The number of hydrogen-bond acceptors (Lipinski definition) is 12. The predicted octanol–water partition coefficient (Wildman–Crippen LogP) is 17.8. The standard InChI is InChI=1S/C22H36O4.C21H34O4.C20H32O4.6CH4/c1-5-21(3,4)20(24)25-18-14-15-12-16(18)17(13-15)19(23)26-22(6-2)10-8-7-9-11-22;1-4-14(3)19(22)24-18-13-15-11-16(18)17(12-15)20(23)25-21(5-2)9-7-6-8-10-21;1-4-13(2)18(21)23-17-12-14-10-15(17)16(11-14)19(22)24-20(3)8-6-5-7-9-20;;;;;;/h15-18H,5-14H2,1-4H3;14-18H,4-13H2,1-3H3;13-17H,4-12H2,1-3H3;6*1H4. The molecule has 14 unspecified atom stereocenters. The van der Waals surface area contributed by atoms with Gasteiger partial charge in [-0.1, -0.05) is 112 Å². The Kier molecular flexibility index (Phi) is 30.8. The number of fused-ring (bicyclic) bond motifs is 6. The van der Waals surface area contributed by atoms with Crippen LogP contribution in [0.15, 0.2) is 0 Å². The van der Waals surface area contributed by atoms with E-state index in [1.165, 1.54) is 19.3 Å². The summed E-state index contributed by atoms with van der Waals surface area (Å²) in [6.07, 6.45) is 29.1. The van der Waals surface area contributed by atoms with E-state index < -0.39 is 5.41 Å². The molecule has 0 radical (unpaired) electrons. The largest absolute Gasteiger partial charge is 0.462 e. The zero-order valence-corrected chi connectivity index (χ0v) is 48.5. The van der Waals surface area contributed by atoms with Gasteiger partial charge in [-0.25, -0.2) is 0 Å². The second-order valence-electron chi connectivity index (χ2n) is 26.7. The van der Waals surface area contributed by atoms with Crippen LogP contribution in [0.25, 0.3) is 0 Å².